The number of aryl methyl sites for hydroxylation is 1. The van der Waals surface area contributed by atoms with Crippen LogP contribution in [0.1, 0.15) is 17.4 Å². The summed E-state index contributed by atoms with van der Waals surface area (Å²) in [6.07, 6.45) is 0.00955. The van der Waals surface area contributed by atoms with Crippen molar-refractivity contribution in [3.63, 3.8) is 0 Å². The summed E-state index contributed by atoms with van der Waals surface area (Å²) in [4.78, 5) is 25.5. The number of carboxylic acids is 1. The SMILES string of the molecule is CCc1ccsc1CNC(=O)N1CCOC(C(=O)O)C1. The first kappa shape index (κ1) is 14.8. The molecule has 0 aromatic carbocycles. The van der Waals surface area contributed by atoms with Gasteiger partial charge in [0.05, 0.1) is 19.7 Å². The number of morpholine rings is 1. The number of urea groups is 1. The van der Waals surface area contributed by atoms with Crippen LogP contribution in [0.5, 0.6) is 0 Å². The molecule has 0 radical (unpaired) electrons. The molecule has 2 heterocycles. The minimum absolute atomic E-state index is 0.0895. The maximum absolute atomic E-state index is 12.0. The predicted molar refractivity (Wildman–Crippen MR) is 74.9 cm³/mol. The molecule has 2 rings (SSSR count). The summed E-state index contributed by atoms with van der Waals surface area (Å²) < 4.78 is 5.09. The number of carbonyl (C=O) groups excluding carboxylic acids is 1. The fraction of sp³-hybridized carbons (Fsp3) is 0.538. The van der Waals surface area contributed by atoms with E-state index in [0.29, 0.717) is 13.1 Å². The zero-order chi connectivity index (χ0) is 14.5. The van der Waals surface area contributed by atoms with Crippen LogP contribution in [0.15, 0.2) is 11.4 Å². The molecule has 0 spiro atoms. The van der Waals surface area contributed by atoms with Gasteiger partial charge in [0.1, 0.15) is 0 Å². The van der Waals surface area contributed by atoms with Gasteiger partial charge in [-0.3, -0.25) is 0 Å². The van der Waals surface area contributed by atoms with E-state index in [1.165, 1.54) is 10.5 Å². The standard InChI is InChI=1S/C13H18N2O4S/c1-2-9-3-6-20-11(9)7-14-13(18)15-4-5-19-10(8-15)12(16)17/h3,6,10H,2,4-5,7-8H2,1H3,(H,14,18)(H,16,17). The normalized spacial score (nSPS) is 18.9. The highest BCUT2D eigenvalue weighted by atomic mass is 32.1. The van der Waals surface area contributed by atoms with Crippen LogP contribution in [0.4, 0.5) is 4.79 Å². The highest BCUT2D eigenvalue weighted by Crippen LogP contribution is 2.17. The van der Waals surface area contributed by atoms with E-state index in [2.05, 4.69) is 18.3 Å². The fourth-order valence-corrected chi connectivity index (χ4v) is 3.00. The number of hydrogen-bond donors (Lipinski definition) is 2. The summed E-state index contributed by atoms with van der Waals surface area (Å²) in [6.45, 7) is 3.32. The van der Waals surface area contributed by atoms with Crippen molar-refractivity contribution >= 4 is 23.3 Å². The number of thiophene rings is 1. The number of nitrogens with zero attached hydrogens (tertiary/aromatic N) is 1. The highest BCUT2D eigenvalue weighted by Gasteiger charge is 2.28. The Morgan fingerprint density at radius 1 is 1.60 bits per heavy atom. The van der Waals surface area contributed by atoms with Crippen molar-refractivity contribution in [3.05, 3.63) is 21.9 Å². The van der Waals surface area contributed by atoms with Gasteiger partial charge >= 0.3 is 12.0 Å². The van der Waals surface area contributed by atoms with Gasteiger partial charge in [0.25, 0.3) is 0 Å². The van der Waals surface area contributed by atoms with E-state index in [1.54, 1.807) is 11.3 Å². The summed E-state index contributed by atoms with van der Waals surface area (Å²) in [6, 6.07) is 1.82. The average molecular weight is 298 g/mol. The number of amides is 2. The second kappa shape index (κ2) is 6.71. The van der Waals surface area contributed by atoms with Crippen molar-refractivity contribution in [2.75, 3.05) is 19.7 Å². The minimum atomic E-state index is -1.03. The van der Waals surface area contributed by atoms with E-state index in [4.69, 9.17) is 9.84 Å². The number of rotatable bonds is 4. The molecule has 1 saturated heterocycles. The average Bonchev–Trinajstić information content (AvgIpc) is 2.92. The lowest BCUT2D eigenvalue weighted by molar-refractivity contribution is -0.154. The molecule has 6 nitrogen and oxygen atoms in total. The third-order valence-electron chi connectivity index (χ3n) is 3.25. The second-order valence-electron chi connectivity index (χ2n) is 4.52. The van der Waals surface area contributed by atoms with Crippen molar-refractivity contribution in [2.24, 2.45) is 0 Å². The molecule has 1 unspecified atom stereocenters. The van der Waals surface area contributed by atoms with E-state index in [9.17, 15) is 9.59 Å². The maximum Gasteiger partial charge on any atom is 0.334 e. The van der Waals surface area contributed by atoms with Crippen molar-refractivity contribution < 1.29 is 19.4 Å². The van der Waals surface area contributed by atoms with Gasteiger partial charge in [-0.2, -0.15) is 0 Å². The summed E-state index contributed by atoms with van der Waals surface area (Å²) >= 11 is 1.62. The van der Waals surface area contributed by atoms with Gasteiger partial charge in [0, 0.05) is 11.4 Å². The van der Waals surface area contributed by atoms with E-state index >= 15 is 0 Å². The Kier molecular flexibility index (Phi) is 4.97. The van der Waals surface area contributed by atoms with Gasteiger partial charge in [-0.1, -0.05) is 6.92 Å². The molecule has 20 heavy (non-hydrogen) atoms. The van der Waals surface area contributed by atoms with Crippen molar-refractivity contribution in [1.82, 2.24) is 10.2 Å². The largest absolute Gasteiger partial charge is 0.479 e. The van der Waals surface area contributed by atoms with Crippen LogP contribution in [0.2, 0.25) is 0 Å². The second-order valence-corrected chi connectivity index (χ2v) is 5.53. The van der Waals surface area contributed by atoms with Crippen molar-refractivity contribution in [2.45, 2.75) is 26.0 Å². The molecule has 1 aromatic heterocycles. The van der Waals surface area contributed by atoms with Crippen LogP contribution in [0.25, 0.3) is 0 Å². The van der Waals surface area contributed by atoms with E-state index in [-0.39, 0.29) is 19.2 Å². The zero-order valence-electron chi connectivity index (χ0n) is 11.3. The number of carbonyl (C=O) groups is 2. The van der Waals surface area contributed by atoms with Crippen molar-refractivity contribution in [3.8, 4) is 0 Å². The van der Waals surface area contributed by atoms with Crippen LogP contribution in [-0.2, 0) is 22.5 Å². The Bertz CT molecular complexity index is 488. The lowest BCUT2D eigenvalue weighted by Gasteiger charge is -2.30. The Balaban J connectivity index is 1.87. The van der Waals surface area contributed by atoms with Gasteiger partial charge in [0.2, 0.25) is 0 Å². The molecule has 2 N–H and O–H groups in total. The molecule has 2 amide bonds. The molecule has 0 bridgehead atoms. The van der Waals surface area contributed by atoms with Gasteiger partial charge < -0.3 is 20.1 Å². The van der Waals surface area contributed by atoms with E-state index < -0.39 is 12.1 Å². The van der Waals surface area contributed by atoms with Crippen molar-refractivity contribution in [1.29, 1.82) is 0 Å². The first-order valence-corrected chi connectivity index (χ1v) is 7.42. The lowest BCUT2D eigenvalue weighted by atomic mass is 10.2. The van der Waals surface area contributed by atoms with Crippen LogP contribution < -0.4 is 5.32 Å². The molecule has 1 aromatic rings. The molecular formula is C13H18N2O4S. The maximum atomic E-state index is 12.0. The Labute approximate surface area is 121 Å². The molecule has 110 valence electrons. The number of nitrogens with one attached hydrogen (secondary N) is 1. The van der Waals surface area contributed by atoms with E-state index in [0.717, 1.165) is 11.3 Å². The topological polar surface area (TPSA) is 78.9 Å². The molecular weight excluding hydrogens is 280 g/mol. The highest BCUT2D eigenvalue weighted by molar-refractivity contribution is 7.10. The smallest absolute Gasteiger partial charge is 0.334 e. The van der Waals surface area contributed by atoms with Crippen LogP contribution in [-0.4, -0.2) is 47.8 Å². The molecule has 1 fully saturated rings. The van der Waals surface area contributed by atoms with Gasteiger partial charge in [-0.15, -0.1) is 11.3 Å². The summed E-state index contributed by atoms with van der Waals surface area (Å²) in [5.41, 5.74) is 1.24. The molecule has 1 aliphatic heterocycles. The van der Waals surface area contributed by atoms with Gasteiger partial charge in [-0.25, -0.2) is 9.59 Å². The predicted octanol–water partition coefficient (Wildman–Crippen LogP) is 1.31. The Hall–Kier alpha value is -1.60. The molecule has 0 aliphatic carbocycles. The quantitative estimate of drug-likeness (QED) is 0.878. The van der Waals surface area contributed by atoms with E-state index in [1.807, 2.05) is 5.38 Å². The zero-order valence-corrected chi connectivity index (χ0v) is 12.1. The monoisotopic (exact) mass is 298 g/mol. The summed E-state index contributed by atoms with van der Waals surface area (Å²) in [5, 5.41) is 13.8. The third kappa shape index (κ3) is 3.49. The Morgan fingerprint density at radius 2 is 2.40 bits per heavy atom. The first-order valence-electron chi connectivity index (χ1n) is 6.54. The minimum Gasteiger partial charge on any atom is -0.479 e. The molecule has 1 aliphatic rings. The summed E-state index contributed by atoms with van der Waals surface area (Å²) in [7, 11) is 0. The fourth-order valence-electron chi connectivity index (χ4n) is 2.09. The van der Waals surface area contributed by atoms with Gasteiger partial charge in [-0.05, 0) is 23.4 Å². The van der Waals surface area contributed by atoms with Crippen LogP contribution in [0.3, 0.4) is 0 Å². The number of aliphatic carboxylic acids is 1. The number of hydrogen-bond acceptors (Lipinski definition) is 4. The lowest BCUT2D eigenvalue weighted by Crippen LogP contribution is -2.51. The van der Waals surface area contributed by atoms with Gasteiger partial charge in [0.15, 0.2) is 6.10 Å². The summed E-state index contributed by atoms with van der Waals surface area (Å²) in [5.74, 6) is -1.03. The van der Waals surface area contributed by atoms with Crippen LogP contribution >= 0.6 is 11.3 Å². The molecule has 7 heteroatoms. The first-order chi connectivity index (χ1) is 9.61. The third-order valence-corrected chi connectivity index (χ3v) is 4.21. The number of ether oxygens (including phenoxy) is 1. The number of carboxylic acid groups (broad SMARTS) is 1. The molecule has 0 saturated carbocycles. The van der Waals surface area contributed by atoms with Crippen LogP contribution in [0, 0.1) is 0 Å². The Morgan fingerprint density at radius 3 is 3.10 bits per heavy atom. The molecule has 1 atom stereocenters.